The fourth-order valence-electron chi connectivity index (χ4n) is 6.80. The van der Waals surface area contributed by atoms with Crippen molar-refractivity contribution >= 4 is 33.2 Å². The number of hydrogen-bond acceptors (Lipinski definition) is 5. The molecule has 1 amide bonds. The van der Waals surface area contributed by atoms with Crippen LogP contribution in [-0.2, 0) is 12.1 Å². The van der Waals surface area contributed by atoms with Gasteiger partial charge >= 0.3 is 5.69 Å². The molecule has 0 unspecified atom stereocenters. The molecule has 10 heteroatoms. The molecule has 0 saturated heterocycles. The van der Waals surface area contributed by atoms with Gasteiger partial charge < -0.3 is 5.32 Å². The lowest BCUT2D eigenvalue weighted by Crippen LogP contribution is -2.52. The molecule has 0 atom stereocenters. The van der Waals surface area contributed by atoms with E-state index in [1.807, 2.05) is 24.4 Å². The van der Waals surface area contributed by atoms with Gasteiger partial charge in [-0.2, -0.15) is 10.2 Å². The zero-order valence-electron chi connectivity index (χ0n) is 18.6. The molecule has 4 saturated carbocycles. The molecule has 4 bridgehead atoms. The van der Waals surface area contributed by atoms with E-state index in [-0.39, 0.29) is 16.9 Å². The van der Waals surface area contributed by atoms with E-state index in [9.17, 15) is 14.9 Å². The zero-order valence-corrected chi connectivity index (χ0v) is 20.1. The molecule has 1 aromatic carbocycles. The Bertz CT molecular complexity index is 1250. The lowest BCUT2D eigenvalue weighted by molar-refractivity contribution is -0.385. The number of amides is 1. The Labute approximate surface area is 204 Å². The van der Waals surface area contributed by atoms with Crippen molar-refractivity contribution in [1.82, 2.24) is 19.6 Å². The third-order valence-corrected chi connectivity index (χ3v) is 8.14. The molecule has 3 aromatic rings. The summed E-state index contributed by atoms with van der Waals surface area (Å²) in [5.74, 6) is 1.45. The third kappa shape index (κ3) is 3.83. The van der Waals surface area contributed by atoms with Gasteiger partial charge in [0.15, 0.2) is 0 Å². The summed E-state index contributed by atoms with van der Waals surface area (Å²) < 4.78 is 4.44. The van der Waals surface area contributed by atoms with E-state index in [2.05, 4.69) is 31.4 Å². The number of benzene rings is 1. The molecule has 176 valence electrons. The van der Waals surface area contributed by atoms with E-state index in [4.69, 9.17) is 0 Å². The molecule has 2 aromatic heterocycles. The number of aromatic nitrogens is 4. The van der Waals surface area contributed by atoms with E-state index in [1.54, 1.807) is 21.6 Å². The SMILES string of the molecule is O=C(Nc1cccc(Cn2cc(Br)cn2)c1)c1nn(C23CC4CC(CC(C4)C2)C3)cc1[N+](=O)[O-]. The Hall–Kier alpha value is -3.01. The van der Waals surface area contributed by atoms with Crippen molar-refractivity contribution < 1.29 is 9.72 Å². The Balaban J connectivity index is 1.25. The summed E-state index contributed by atoms with van der Waals surface area (Å²) >= 11 is 3.38. The molecule has 34 heavy (non-hydrogen) atoms. The van der Waals surface area contributed by atoms with E-state index < -0.39 is 10.8 Å². The van der Waals surface area contributed by atoms with Crippen LogP contribution in [0.25, 0.3) is 0 Å². The van der Waals surface area contributed by atoms with E-state index >= 15 is 0 Å². The molecule has 7 rings (SSSR count). The highest BCUT2D eigenvalue weighted by molar-refractivity contribution is 9.10. The number of carbonyl (C=O) groups is 1. The van der Waals surface area contributed by atoms with Crippen molar-refractivity contribution in [2.45, 2.75) is 50.6 Å². The van der Waals surface area contributed by atoms with Gasteiger partial charge in [0, 0.05) is 11.9 Å². The Morgan fingerprint density at radius 3 is 2.50 bits per heavy atom. The number of nitrogens with one attached hydrogen (secondary N) is 1. The third-order valence-electron chi connectivity index (χ3n) is 7.73. The average Bonchev–Trinajstić information content (AvgIpc) is 3.40. The second-order valence-corrected chi connectivity index (χ2v) is 11.1. The lowest BCUT2D eigenvalue weighted by atomic mass is 9.53. The molecule has 1 N–H and O–H groups in total. The van der Waals surface area contributed by atoms with Gasteiger partial charge in [-0.1, -0.05) is 12.1 Å². The van der Waals surface area contributed by atoms with Crippen molar-refractivity contribution in [2.75, 3.05) is 5.32 Å². The highest BCUT2D eigenvalue weighted by Crippen LogP contribution is 2.58. The average molecular weight is 525 g/mol. The van der Waals surface area contributed by atoms with Crippen LogP contribution in [0.1, 0.15) is 54.6 Å². The van der Waals surface area contributed by atoms with Crippen molar-refractivity contribution in [2.24, 2.45) is 17.8 Å². The molecule has 9 nitrogen and oxygen atoms in total. The fourth-order valence-corrected chi connectivity index (χ4v) is 7.13. The standard InChI is InChI=1S/C24H25BrN6O3/c25-19-11-26-29(13-19)12-15-2-1-3-20(7-15)27-23(32)22-21(31(33)34)14-30(28-22)24-8-16-4-17(9-24)6-18(5-16)10-24/h1-3,7,11,13-14,16-18H,4-6,8-10,12H2,(H,27,32). The largest absolute Gasteiger partial charge is 0.320 e. The number of nitrogens with zero attached hydrogens (tertiary/aromatic N) is 5. The number of hydrogen-bond donors (Lipinski definition) is 1. The summed E-state index contributed by atoms with van der Waals surface area (Å²) in [4.78, 5) is 24.5. The van der Waals surface area contributed by atoms with Crippen LogP contribution in [0.5, 0.6) is 0 Å². The van der Waals surface area contributed by atoms with Gasteiger partial charge in [-0.25, -0.2) is 0 Å². The van der Waals surface area contributed by atoms with E-state index in [1.165, 1.54) is 25.5 Å². The Morgan fingerprint density at radius 1 is 1.18 bits per heavy atom. The van der Waals surface area contributed by atoms with Crippen LogP contribution >= 0.6 is 15.9 Å². The van der Waals surface area contributed by atoms with Crippen molar-refractivity contribution in [1.29, 1.82) is 0 Å². The van der Waals surface area contributed by atoms with Gasteiger partial charge in [0.2, 0.25) is 5.69 Å². The van der Waals surface area contributed by atoms with Crippen LogP contribution < -0.4 is 5.32 Å². The van der Waals surface area contributed by atoms with Crippen molar-refractivity contribution in [3.63, 3.8) is 0 Å². The van der Waals surface area contributed by atoms with Crippen molar-refractivity contribution in [3.05, 3.63) is 68.7 Å². The van der Waals surface area contributed by atoms with Gasteiger partial charge in [-0.05, 0) is 89.9 Å². The maximum Gasteiger partial charge on any atom is 0.320 e. The van der Waals surface area contributed by atoms with Crippen LogP contribution in [0, 0.1) is 27.9 Å². The molecule has 4 aliphatic rings. The molecule has 0 aliphatic heterocycles. The summed E-state index contributed by atoms with van der Waals surface area (Å²) in [5.41, 5.74) is 0.970. The van der Waals surface area contributed by atoms with Gasteiger partial charge in [0.1, 0.15) is 6.20 Å². The minimum absolute atomic E-state index is 0.123. The maximum atomic E-state index is 13.1. The summed E-state index contributed by atoms with van der Waals surface area (Å²) in [7, 11) is 0. The van der Waals surface area contributed by atoms with Gasteiger partial charge in [0.25, 0.3) is 5.91 Å². The second-order valence-electron chi connectivity index (χ2n) is 10.2. The highest BCUT2D eigenvalue weighted by Gasteiger charge is 2.53. The van der Waals surface area contributed by atoms with Crippen LogP contribution in [0.4, 0.5) is 11.4 Å². The first kappa shape index (κ1) is 21.5. The van der Waals surface area contributed by atoms with Gasteiger partial charge in [-0.15, -0.1) is 0 Å². The fraction of sp³-hybridized carbons (Fsp3) is 0.458. The molecular formula is C24H25BrN6O3. The van der Waals surface area contributed by atoms with E-state index in [0.717, 1.165) is 29.3 Å². The molecule has 0 radical (unpaired) electrons. The van der Waals surface area contributed by atoms with E-state index in [0.29, 0.717) is 30.0 Å². The number of carbonyl (C=O) groups excluding carboxylic acids is 1. The van der Waals surface area contributed by atoms with Crippen molar-refractivity contribution in [3.8, 4) is 0 Å². The molecule has 0 spiro atoms. The smallest absolute Gasteiger partial charge is 0.320 e. The first-order chi connectivity index (χ1) is 16.4. The summed E-state index contributed by atoms with van der Waals surface area (Å²) in [6, 6.07) is 7.39. The predicted molar refractivity (Wildman–Crippen MR) is 128 cm³/mol. The van der Waals surface area contributed by atoms with Gasteiger partial charge in [-0.3, -0.25) is 24.3 Å². The monoisotopic (exact) mass is 524 g/mol. The first-order valence-electron chi connectivity index (χ1n) is 11.7. The second kappa shape index (κ2) is 8.04. The Morgan fingerprint density at radius 2 is 1.88 bits per heavy atom. The summed E-state index contributed by atoms with van der Waals surface area (Å²) in [6.07, 6.45) is 11.9. The minimum atomic E-state index is -0.561. The summed E-state index contributed by atoms with van der Waals surface area (Å²) in [6.45, 7) is 0.538. The van der Waals surface area contributed by atoms with Crippen LogP contribution in [0.3, 0.4) is 0 Å². The molecule has 4 fully saturated rings. The van der Waals surface area contributed by atoms with Crippen LogP contribution in [-0.4, -0.2) is 30.4 Å². The number of halogens is 1. The number of nitro groups is 1. The van der Waals surface area contributed by atoms with Gasteiger partial charge in [0.05, 0.1) is 27.7 Å². The Kier molecular flexibility index (Phi) is 5.09. The van der Waals surface area contributed by atoms with Crippen LogP contribution in [0.2, 0.25) is 0 Å². The maximum absolute atomic E-state index is 13.1. The quantitative estimate of drug-likeness (QED) is 0.361. The summed E-state index contributed by atoms with van der Waals surface area (Å²) in [5, 5.41) is 23.5. The highest BCUT2D eigenvalue weighted by atomic mass is 79.9. The first-order valence-corrected chi connectivity index (χ1v) is 12.5. The predicted octanol–water partition coefficient (Wildman–Crippen LogP) is 4.98. The zero-order chi connectivity index (χ0) is 23.4. The number of anilines is 1. The van der Waals surface area contributed by atoms with Crippen LogP contribution in [0.15, 0.2) is 47.3 Å². The molecule has 2 heterocycles. The topological polar surface area (TPSA) is 108 Å². The number of rotatable bonds is 6. The lowest BCUT2D eigenvalue weighted by Gasteiger charge is -2.56. The normalized spacial score (nSPS) is 27.1. The minimum Gasteiger partial charge on any atom is -0.320 e. The molecular weight excluding hydrogens is 500 g/mol. The molecule has 4 aliphatic carbocycles.